The van der Waals surface area contributed by atoms with Crippen LogP contribution in [-0.2, 0) is 4.74 Å². The quantitative estimate of drug-likeness (QED) is 0.608. The average Bonchev–Trinajstić information content (AvgIpc) is 2.81. The van der Waals surface area contributed by atoms with Crippen LogP contribution in [0.2, 0.25) is 0 Å². The van der Waals surface area contributed by atoms with Gasteiger partial charge in [0.2, 0.25) is 0 Å². The minimum absolute atomic E-state index is 0.178. The number of nitrogens with one attached hydrogen (secondary N) is 1. The normalized spacial score (nSPS) is 10.7. The van der Waals surface area contributed by atoms with Gasteiger partial charge in [-0.15, -0.1) is 17.9 Å². The second-order valence-corrected chi connectivity index (χ2v) is 5.60. The van der Waals surface area contributed by atoms with Crippen molar-refractivity contribution < 1.29 is 9.53 Å². The summed E-state index contributed by atoms with van der Waals surface area (Å²) in [5.74, 6) is -0.178. The highest BCUT2D eigenvalue weighted by Gasteiger charge is 2.17. The van der Waals surface area contributed by atoms with Gasteiger partial charge < -0.3 is 15.8 Å². The summed E-state index contributed by atoms with van der Waals surface area (Å²) in [5.41, 5.74) is 7.61. The van der Waals surface area contributed by atoms with E-state index in [0.29, 0.717) is 30.3 Å². The predicted octanol–water partition coefficient (Wildman–Crippen LogP) is 2.51. The highest BCUT2D eigenvalue weighted by atomic mass is 32.1. The number of aryl methyl sites for hydroxylation is 1. The number of nitrogen functional groups attached to an aromatic ring is 1. The summed E-state index contributed by atoms with van der Waals surface area (Å²) in [7, 11) is 0. The molecule has 2 rings (SSSR count). The van der Waals surface area contributed by atoms with Crippen LogP contribution in [0.1, 0.15) is 21.7 Å². The Kier molecular flexibility index (Phi) is 5.30. The molecule has 0 saturated carbocycles. The molecule has 0 fully saturated rings. The number of pyridine rings is 1. The van der Waals surface area contributed by atoms with Crippen LogP contribution in [0.5, 0.6) is 0 Å². The van der Waals surface area contributed by atoms with E-state index in [1.54, 1.807) is 12.3 Å². The number of fused-ring (bicyclic) bond motifs is 1. The molecule has 0 aliphatic carbocycles. The number of carbonyl (C=O) groups excluding carboxylic acids is 1. The molecule has 112 valence electrons. The lowest BCUT2D eigenvalue weighted by atomic mass is 10.2. The van der Waals surface area contributed by atoms with Crippen LogP contribution in [0.4, 0.5) is 5.69 Å². The van der Waals surface area contributed by atoms with Crippen LogP contribution < -0.4 is 11.1 Å². The number of rotatable bonds is 7. The Bertz CT molecular complexity index is 652. The summed E-state index contributed by atoms with van der Waals surface area (Å²) in [5, 5.41) is 3.68. The summed E-state index contributed by atoms with van der Waals surface area (Å²) < 4.78 is 5.34. The third-order valence-electron chi connectivity index (χ3n) is 3.04. The van der Waals surface area contributed by atoms with E-state index in [1.807, 2.05) is 13.0 Å². The van der Waals surface area contributed by atoms with Gasteiger partial charge in [0.25, 0.3) is 5.91 Å². The molecule has 0 saturated heterocycles. The first-order valence-corrected chi connectivity index (χ1v) is 7.57. The van der Waals surface area contributed by atoms with Crippen molar-refractivity contribution in [3.63, 3.8) is 0 Å². The number of hydrogen-bond acceptors (Lipinski definition) is 5. The summed E-state index contributed by atoms with van der Waals surface area (Å²) in [4.78, 5) is 17.7. The van der Waals surface area contributed by atoms with Gasteiger partial charge in [0, 0.05) is 18.1 Å². The third-order valence-corrected chi connectivity index (χ3v) is 4.15. The van der Waals surface area contributed by atoms with Crippen molar-refractivity contribution in [1.29, 1.82) is 0 Å². The zero-order valence-electron chi connectivity index (χ0n) is 12.0. The van der Waals surface area contributed by atoms with E-state index < -0.39 is 0 Å². The van der Waals surface area contributed by atoms with Crippen molar-refractivity contribution in [3.05, 3.63) is 35.4 Å². The van der Waals surface area contributed by atoms with E-state index in [-0.39, 0.29) is 5.91 Å². The lowest BCUT2D eigenvalue weighted by Crippen LogP contribution is -2.27. The minimum atomic E-state index is -0.178. The van der Waals surface area contributed by atoms with Crippen molar-refractivity contribution in [1.82, 2.24) is 10.3 Å². The highest BCUT2D eigenvalue weighted by Crippen LogP contribution is 2.33. The molecular formula is C15H19N3O2S. The van der Waals surface area contributed by atoms with E-state index in [4.69, 9.17) is 10.5 Å². The number of aromatic nitrogens is 1. The second-order valence-electron chi connectivity index (χ2n) is 4.60. The molecule has 0 aliphatic heterocycles. The standard InChI is InChI=1S/C15H19N3O2S/c1-3-4-8-20-9-7-17-14(19)13-12(16)11-10(2)5-6-18-15(11)21-13/h3,5-6H,1,4,7-9,16H2,2H3,(H,17,19). The van der Waals surface area contributed by atoms with E-state index in [1.165, 1.54) is 11.3 Å². The molecule has 3 N–H and O–H groups in total. The van der Waals surface area contributed by atoms with Gasteiger partial charge in [-0.3, -0.25) is 4.79 Å². The zero-order chi connectivity index (χ0) is 15.2. The number of thiophene rings is 1. The average molecular weight is 305 g/mol. The fourth-order valence-corrected chi connectivity index (χ4v) is 3.01. The largest absolute Gasteiger partial charge is 0.397 e. The van der Waals surface area contributed by atoms with Crippen molar-refractivity contribution in [2.24, 2.45) is 0 Å². The Labute approximate surface area is 127 Å². The maximum absolute atomic E-state index is 12.2. The maximum atomic E-state index is 12.2. The van der Waals surface area contributed by atoms with E-state index in [0.717, 1.165) is 22.2 Å². The highest BCUT2D eigenvalue weighted by molar-refractivity contribution is 7.21. The number of amides is 1. The van der Waals surface area contributed by atoms with E-state index in [2.05, 4.69) is 16.9 Å². The Morgan fingerprint density at radius 3 is 3.10 bits per heavy atom. The van der Waals surface area contributed by atoms with Crippen LogP contribution in [0.3, 0.4) is 0 Å². The fraction of sp³-hybridized carbons (Fsp3) is 0.333. The smallest absolute Gasteiger partial charge is 0.263 e. The van der Waals surface area contributed by atoms with E-state index >= 15 is 0 Å². The van der Waals surface area contributed by atoms with Crippen molar-refractivity contribution in [3.8, 4) is 0 Å². The van der Waals surface area contributed by atoms with Gasteiger partial charge in [0.15, 0.2) is 0 Å². The summed E-state index contributed by atoms with van der Waals surface area (Å²) in [6, 6.07) is 1.89. The Morgan fingerprint density at radius 1 is 1.57 bits per heavy atom. The first-order chi connectivity index (χ1) is 10.1. The second kappa shape index (κ2) is 7.19. The Morgan fingerprint density at radius 2 is 2.38 bits per heavy atom. The van der Waals surface area contributed by atoms with Crippen LogP contribution in [0.25, 0.3) is 10.2 Å². The Balaban J connectivity index is 1.98. The Hall–Kier alpha value is -1.92. The van der Waals surface area contributed by atoms with Crippen LogP contribution in [-0.4, -0.2) is 30.6 Å². The molecule has 2 aromatic rings. The summed E-state index contributed by atoms with van der Waals surface area (Å²) in [6.07, 6.45) is 4.33. The summed E-state index contributed by atoms with van der Waals surface area (Å²) >= 11 is 1.32. The predicted molar refractivity (Wildman–Crippen MR) is 86.7 cm³/mol. The number of nitrogens with two attached hydrogens (primary N) is 1. The number of hydrogen-bond donors (Lipinski definition) is 2. The van der Waals surface area contributed by atoms with Gasteiger partial charge in [-0.1, -0.05) is 6.08 Å². The molecule has 0 atom stereocenters. The summed E-state index contributed by atoms with van der Waals surface area (Å²) in [6.45, 7) is 7.12. The third kappa shape index (κ3) is 3.59. The molecule has 2 heterocycles. The molecule has 1 amide bonds. The molecule has 0 aromatic carbocycles. The van der Waals surface area contributed by atoms with Crippen LogP contribution in [0, 0.1) is 6.92 Å². The molecule has 0 spiro atoms. The first-order valence-electron chi connectivity index (χ1n) is 6.75. The molecule has 0 radical (unpaired) electrons. The molecule has 0 aliphatic rings. The van der Waals surface area contributed by atoms with Crippen LogP contribution >= 0.6 is 11.3 Å². The van der Waals surface area contributed by atoms with Gasteiger partial charge in [-0.2, -0.15) is 0 Å². The van der Waals surface area contributed by atoms with Crippen molar-refractivity contribution in [2.75, 3.05) is 25.5 Å². The fourth-order valence-electron chi connectivity index (χ4n) is 1.96. The monoisotopic (exact) mass is 305 g/mol. The first kappa shape index (κ1) is 15.5. The molecule has 0 unspecified atom stereocenters. The number of nitrogens with zero attached hydrogens (tertiary/aromatic N) is 1. The maximum Gasteiger partial charge on any atom is 0.263 e. The number of anilines is 1. The molecular weight excluding hydrogens is 286 g/mol. The molecule has 21 heavy (non-hydrogen) atoms. The molecule has 6 heteroatoms. The lowest BCUT2D eigenvalue weighted by molar-refractivity contribution is 0.0922. The molecule has 2 aromatic heterocycles. The molecule has 5 nitrogen and oxygen atoms in total. The van der Waals surface area contributed by atoms with Gasteiger partial charge in [-0.05, 0) is 25.0 Å². The van der Waals surface area contributed by atoms with Gasteiger partial charge in [0.1, 0.15) is 9.71 Å². The topological polar surface area (TPSA) is 77.2 Å². The number of carbonyl (C=O) groups is 1. The van der Waals surface area contributed by atoms with Crippen LogP contribution in [0.15, 0.2) is 24.9 Å². The minimum Gasteiger partial charge on any atom is -0.397 e. The van der Waals surface area contributed by atoms with Gasteiger partial charge in [0.05, 0.1) is 18.9 Å². The zero-order valence-corrected chi connectivity index (χ0v) is 12.8. The molecule has 0 bridgehead atoms. The number of ether oxygens (including phenoxy) is 1. The van der Waals surface area contributed by atoms with Crippen molar-refractivity contribution in [2.45, 2.75) is 13.3 Å². The van der Waals surface area contributed by atoms with Crippen molar-refractivity contribution >= 4 is 33.1 Å². The van der Waals surface area contributed by atoms with Gasteiger partial charge in [-0.25, -0.2) is 4.98 Å². The SMILES string of the molecule is C=CCCOCCNC(=O)c1sc2nccc(C)c2c1N. The van der Waals surface area contributed by atoms with Gasteiger partial charge >= 0.3 is 0 Å². The van der Waals surface area contributed by atoms with E-state index in [9.17, 15) is 4.79 Å². The lowest BCUT2D eigenvalue weighted by Gasteiger charge is -2.05.